The van der Waals surface area contributed by atoms with E-state index in [1.54, 1.807) is 6.92 Å². The van der Waals surface area contributed by atoms with Crippen LogP contribution in [0.5, 0.6) is 5.75 Å². The van der Waals surface area contributed by atoms with Crippen molar-refractivity contribution in [2.24, 2.45) is 0 Å². The number of halogens is 4. The fourth-order valence-electron chi connectivity index (χ4n) is 1.41. The standard InChI is InChI=1S/C13H12Cl4O4/c1-2-20-9(18)4-3-5-10(19)21-8-6-7(14)11(15)13(17)12(8)16/h6H,2-5H2,1H3. The van der Waals surface area contributed by atoms with Crippen LogP contribution in [0.25, 0.3) is 0 Å². The number of carbonyl (C=O) groups excluding carboxylic acids is 2. The minimum atomic E-state index is -0.560. The van der Waals surface area contributed by atoms with Crippen LogP contribution < -0.4 is 4.74 Å². The van der Waals surface area contributed by atoms with E-state index in [-0.39, 0.29) is 44.7 Å². The Labute approximate surface area is 142 Å². The summed E-state index contributed by atoms with van der Waals surface area (Å²) in [5, 5.41) is 0.232. The minimum Gasteiger partial charge on any atom is -0.466 e. The number of benzene rings is 1. The van der Waals surface area contributed by atoms with Gasteiger partial charge in [-0.05, 0) is 13.3 Å². The fourth-order valence-corrected chi connectivity index (χ4v) is 2.23. The first-order valence-electron chi connectivity index (χ1n) is 6.06. The average molecular weight is 374 g/mol. The molecule has 0 spiro atoms. The van der Waals surface area contributed by atoms with E-state index >= 15 is 0 Å². The van der Waals surface area contributed by atoms with Gasteiger partial charge in [-0.2, -0.15) is 0 Å². The highest BCUT2D eigenvalue weighted by molar-refractivity contribution is 6.52. The molecule has 0 heterocycles. The molecular weight excluding hydrogens is 362 g/mol. The van der Waals surface area contributed by atoms with Crippen LogP contribution in [0.2, 0.25) is 20.1 Å². The normalized spacial score (nSPS) is 10.3. The van der Waals surface area contributed by atoms with Crippen molar-refractivity contribution in [3.63, 3.8) is 0 Å². The third-order valence-corrected chi connectivity index (χ3v) is 4.09. The largest absolute Gasteiger partial charge is 0.466 e. The van der Waals surface area contributed by atoms with Gasteiger partial charge in [0.05, 0.1) is 21.7 Å². The summed E-state index contributed by atoms with van der Waals surface area (Å²) in [6, 6.07) is 1.31. The molecule has 0 fully saturated rings. The first kappa shape index (κ1) is 18.4. The molecule has 4 nitrogen and oxygen atoms in total. The van der Waals surface area contributed by atoms with Gasteiger partial charge in [0.2, 0.25) is 0 Å². The zero-order valence-corrected chi connectivity index (χ0v) is 14.1. The van der Waals surface area contributed by atoms with Gasteiger partial charge in [-0.3, -0.25) is 9.59 Å². The van der Waals surface area contributed by atoms with Gasteiger partial charge >= 0.3 is 11.9 Å². The van der Waals surface area contributed by atoms with E-state index in [4.69, 9.17) is 55.9 Å². The Morgan fingerprint density at radius 1 is 1.00 bits per heavy atom. The van der Waals surface area contributed by atoms with Crippen molar-refractivity contribution in [3.8, 4) is 5.75 Å². The Morgan fingerprint density at radius 2 is 1.62 bits per heavy atom. The second kappa shape index (κ2) is 8.69. The van der Waals surface area contributed by atoms with Gasteiger partial charge in [-0.1, -0.05) is 46.4 Å². The second-order valence-corrected chi connectivity index (χ2v) is 5.47. The van der Waals surface area contributed by atoms with E-state index in [1.807, 2.05) is 0 Å². The van der Waals surface area contributed by atoms with Crippen molar-refractivity contribution < 1.29 is 19.1 Å². The summed E-state index contributed by atoms with van der Waals surface area (Å²) < 4.78 is 9.80. The summed E-state index contributed by atoms with van der Waals surface area (Å²) in [4.78, 5) is 22.8. The number of carbonyl (C=O) groups is 2. The molecule has 21 heavy (non-hydrogen) atoms. The van der Waals surface area contributed by atoms with Crippen LogP contribution in [0.3, 0.4) is 0 Å². The van der Waals surface area contributed by atoms with E-state index in [9.17, 15) is 9.59 Å². The number of hydrogen-bond acceptors (Lipinski definition) is 4. The van der Waals surface area contributed by atoms with Gasteiger partial charge in [0.1, 0.15) is 5.02 Å². The lowest BCUT2D eigenvalue weighted by molar-refractivity contribution is -0.143. The van der Waals surface area contributed by atoms with E-state index in [2.05, 4.69) is 0 Å². The van der Waals surface area contributed by atoms with Crippen LogP contribution >= 0.6 is 46.4 Å². The molecule has 0 atom stereocenters. The number of rotatable bonds is 6. The summed E-state index contributed by atoms with van der Waals surface area (Å²) in [5.41, 5.74) is 0. The highest BCUT2D eigenvalue weighted by Gasteiger charge is 2.17. The molecule has 0 aliphatic rings. The topological polar surface area (TPSA) is 52.6 Å². The Bertz CT molecular complexity index is 545. The van der Waals surface area contributed by atoms with Gasteiger partial charge < -0.3 is 9.47 Å². The third-order valence-electron chi connectivity index (χ3n) is 2.36. The van der Waals surface area contributed by atoms with Crippen molar-refractivity contribution in [2.45, 2.75) is 26.2 Å². The fraction of sp³-hybridized carbons (Fsp3) is 0.385. The molecule has 116 valence electrons. The maximum absolute atomic E-state index is 11.7. The lowest BCUT2D eigenvalue weighted by Crippen LogP contribution is -2.10. The monoisotopic (exact) mass is 372 g/mol. The van der Waals surface area contributed by atoms with Crippen LogP contribution in [0.15, 0.2) is 6.07 Å². The van der Waals surface area contributed by atoms with Gasteiger partial charge in [0.15, 0.2) is 5.75 Å². The molecule has 1 aromatic carbocycles. The lowest BCUT2D eigenvalue weighted by Gasteiger charge is -2.09. The van der Waals surface area contributed by atoms with Crippen LogP contribution in [0, 0.1) is 0 Å². The Balaban J connectivity index is 2.58. The summed E-state index contributed by atoms with van der Waals surface area (Å²) in [6.45, 7) is 2.02. The molecular formula is C13H12Cl4O4. The van der Waals surface area contributed by atoms with Crippen LogP contribution in [0.4, 0.5) is 0 Å². The lowest BCUT2D eigenvalue weighted by atomic mass is 10.2. The number of esters is 2. The molecule has 0 unspecified atom stereocenters. The quantitative estimate of drug-likeness (QED) is 0.306. The smallest absolute Gasteiger partial charge is 0.311 e. The van der Waals surface area contributed by atoms with E-state index in [1.165, 1.54) is 6.07 Å². The van der Waals surface area contributed by atoms with E-state index in [0.29, 0.717) is 13.0 Å². The summed E-state index contributed by atoms with van der Waals surface area (Å²) in [6.07, 6.45) is 0.482. The van der Waals surface area contributed by atoms with E-state index < -0.39 is 5.97 Å². The highest BCUT2D eigenvalue weighted by atomic mass is 35.5. The van der Waals surface area contributed by atoms with Crippen molar-refractivity contribution in [2.75, 3.05) is 6.61 Å². The molecule has 0 N–H and O–H groups in total. The Morgan fingerprint density at radius 3 is 2.24 bits per heavy atom. The maximum atomic E-state index is 11.7. The van der Waals surface area contributed by atoms with Crippen LogP contribution in [-0.2, 0) is 14.3 Å². The zero-order valence-electron chi connectivity index (χ0n) is 11.1. The molecule has 8 heteroatoms. The van der Waals surface area contributed by atoms with Gasteiger partial charge in [-0.25, -0.2) is 0 Å². The summed E-state index contributed by atoms with van der Waals surface area (Å²) in [7, 11) is 0. The predicted octanol–water partition coefficient (Wildman–Crippen LogP) is 4.94. The first-order valence-corrected chi connectivity index (χ1v) is 7.57. The van der Waals surface area contributed by atoms with E-state index in [0.717, 1.165) is 0 Å². The molecule has 0 amide bonds. The maximum Gasteiger partial charge on any atom is 0.311 e. The van der Waals surface area contributed by atoms with Crippen molar-refractivity contribution in [3.05, 3.63) is 26.2 Å². The molecule has 1 rings (SSSR count). The molecule has 0 radical (unpaired) electrons. The molecule has 0 saturated carbocycles. The molecule has 0 aliphatic heterocycles. The zero-order chi connectivity index (χ0) is 16.0. The molecule has 0 aromatic heterocycles. The number of ether oxygens (including phenoxy) is 2. The summed E-state index contributed by atoms with van der Waals surface area (Å²) in [5.74, 6) is -0.895. The third kappa shape index (κ3) is 5.55. The molecule has 1 aromatic rings. The van der Waals surface area contributed by atoms with Crippen molar-refractivity contribution in [1.29, 1.82) is 0 Å². The Kier molecular flexibility index (Phi) is 7.60. The minimum absolute atomic E-state index is 0.00445. The van der Waals surface area contributed by atoms with Crippen LogP contribution in [0.1, 0.15) is 26.2 Å². The van der Waals surface area contributed by atoms with Crippen molar-refractivity contribution >= 4 is 58.3 Å². The second-order valence-electron chi connectivity index (χ2n) is 3.93. The SMILES string of the molecule is CCOC(=O)CCCC(=O)Oc1cc(Cl)c(Cl)c(Cl)c1Cl. The molecule has 0 bridgehead atoms. The average Bonchev–Trinajstić information content (AvgIpc) is 2.42. The highest BCUT2D eigenvalue weighted by Crippen LogP contribution is 2.42. The molecule has 0 saturated heterocycles. The molecule has 0 aliphatic carbocycles. The van der Waals surface area contributed by atoms with Gasteiger partial charge in [-0.15, -0.1) is 0 Å². The Hall–Kier alpha value is -0.680. The number of hydrogen-bond donors (Lipinski definition) is 0. The van der Waals surface area contributed by atoms with Gasteiger partial charge in [0.25, 0.3) is 0 Å². The van der Waals surface area contributed by atoms with Crippen molar-refractivity contribution in [1.82, 2.24) is 0 Å². The predicted molar refractivity (Wildman–Crippen MR) is 82.6 cm³/mol. The first-order chi connectivity index (χ1) is 9.86. The van der Waals surface area contributed by atoms with Gasteiger partial charge in [0, 0.05) is 18.9 Å². The summed E-state index contributed by atoms with van der Waals surface area (Å²) >= 11 is 23.4. The van der Waals surface area contributed by atoms with Crippen LogP contribution in [-0.4, -0.2) is 18.5 Å².